The number of anilines is 1. The Kier molecular flexibility index (Phi) is 3.79. The summed E-state index contributed by atoms with van der Waals surface area (Å²) in [6.07, 6.45) is 3.96. The van der Waals surface area contributed by atoms with E-state index < -0.39 is 0 Å². The Bertz CT molecular complexity index is 725. The number of hydrogen-bond donors (Lipinski definition) is 2. The number of benzene rings is 1. The van der Waals surface area contributed by atoms with E-state index in [1.54, 1.807) is 10.9 Å². The molecule has 2 aromatic heterocycles. The second-order valence-electron chi connectivity index (χ2n) is 4.94. The van der Waals surface area contributed by atoms with E-state index in [9.17, 15) is 5.11 Å². The lowest BCUT2D eigenvalue weighted by atomic mass is 10.1. The van der Waals surface area contributed by atoms with Crippen molar-refractivity contribution in [3.8, 4) is 0 Å². The summed E-state index contributed by atoms with van der Waals surface area (Å²) in [5.41, 5.74) is 1.93. The lowest BCUT2D eigenvalue weighted by Crippen LogP contribution is -2.27. The second kappa shape index (κ2) is 5.88. The van der Waals surface area contributed by atoms with Crippen LogP contribution in [0, 0.1) is 0 Å². The van der Waals surface area contributed by atoms with Gasteiger partial charge >= 0.3 is 0 Å². The number of nitrogens with one attached hydrogen (secondary N) is 1. The van der Waals surface area contributed by atoms with Gasteiger partial charge in [0.1, 0.15) is 12.1 Å². The van der Waals surface area contributed by atoms with Crippen LogP contribution in [-0.2, 0) is 13.5 Å². The minimum Gasteiger partial charge on any atom is -0.394 e. The van der Waals surface area contributed by atoms with Gasteiger partial charge in [-0.25, -0.2) is 9.97 Å². The van der Waals surface area contributed by atoms with E-state index in [1.807, 2.05) is 37.4 Å². The van der Waals surface area contributed by atoms with Crippen molar-refractivity contribution in [2.45, 2.75) is 12.5 Å². The van der Waals surface area contributed by atoms with E-state index in [0.717, 1.165) is 17.5 Å². The summed E-state index contributed by atoms with van der Waals surface area (Å²) >= 11 is 0. The first-order valence-corrected chi connectivity index (χ1v) is 6.82. The summed E-state index contributed by atoms with van der Waals surface area (Å²) in [7, 11) is 1.84. The molecule has 6 nitrogen and oxygen atoms in total. The molecule has 0 aliphatic heterocycles. The van der Waals surface area contributed by atoms with E-state index >= 15 is 0 Å². The second-order valence-corrected chi connectivity index (χ2v) is 4.94. The number of fused-ring (bicyclic) bond motifs is 1. The topological polar surface area (TPSA) is 75.9 Å². The van der Waals surface area contributed by atoms with Crippen molar-refractivity contribution >= 4 is 16.9 Å². The van der Waals surface area contributed by atoms with Crippen molar-refractivity contribution in [3.63, 3.8) is 0 Å². The summed E-state index contributed by atoms with van der Waals surface area (Å²) in [5, 5.41) is 17.9. The van der Waals surface area contributed by atoms with E-state index in [0.29, 0.717) is 5.82 Å². The first kappa shape index (κ1) is 13.5. The van der Waals surface area contributed by atoms with Gasteiger partial charge in [0.2, 0.25) is 0 Å². The summed E-state index contributed by atoms with van der Waals surface area (Å²) in [6.45, 7) is 0.0284. The van der Waals surface area contributed by atoms with E-state index in [2.05, 4.69) is 20.4 Å². The molecule has 3 aromatic rings. The zero-order valence-electron chi connectivity index (χ0n) is 11.8. The molecule has 0 radical (unpaired) electrons. The average molecular weight is 283 g/mol. The zero-order valence-corrected chi connectivity index (χ0v) is 11.8. The zero-order chi connectivity index (χ0) is 14.7. The molecule has 108 valence electrons. The van der Waals surface area contributed by atoms with Gasteiger partial charge in [-0.2, -0.15) is 5.10 Å². The normalized spacial score (nSPS) is 12.5. The van der Waals surface area contributed by atoms with Crippen LogP contribution in [0.3, 0.4) is 0 Å². The maximum absolute atomic E-state index is 9.60. The molecule has 21 heavy (non-hydrogen) atoms. The first-order chi connectivity index (χ1) is 10.3. The van der Waals surface area contributed by atoms with Crippen LogP contribution in [0.25, 0.3) is 11.0 Å². The van der Waals surface area contributed by atoms with Crippen LogP contribution in [0.2, 0.25) is 0 Å². The smallest absolute Gasteiger partial charge is 0.163 e. The number of rotatable bonds is 5. The van der Waals surface area contributed by atoms with Crippen LogP contribution in [0.4, 0.5) is 5.82 Å². The molecule has 0 amide bonds. The highest BCUT2D eigenvalue weighted by Crippen LogP contribution is 2.19. The number of hydrogen-bond acceptors (Lipinski definition) is 5. The van der Waals surface area contributed by atoms with Crippen molar-refractivity contribution in [1.82, 2.24) is 19.7 Å². The standard InChI is InChI=1S/C15H17N5O/c1-20-15-13(8-18-20)14(16-10-17-15)19-12(9-21)7-11-5-3-2-4-6-11/h2-6,8,10,12,21H,7,9H2,1H3,(H,16,17,19). The lowest BCUT2D eigenvalue weighted by Gasteiger charge is -2.17. The Balaban J connectivity index is 1.82. The predicted octanol–water partition coefficient (Wildman–Crippen LogP) is 1.38. The maximum Gasteiger partial charge on any atom is 0.163 e. The third-order valence-corrected chi connectivity index (χ3v) is 3.42. The molecule has 3 rings (SSSR count). The van der Waals surface area contributed by atoms with Crippen molar-refractivity contribution in [1.29, 1.82) is 0 Å². The van der Waals surface area contributed by atoms with Crippen LogP contribution < -0.4 is 5.32 Å². The fraction of sp³-hybridized carbons (Fsp3) is 0.267. The quantitative estimate of drug-likeness (QED) is 0.740. The largest absolute Gasteiger partial charge is 0.394 e. The molecule has 6 heteroatoms. The van der Waals surface area contributed by atoms with Gasteiger partial charge in [0.05, 0.1) is 24.2 Å². The van der Waals surface area contributed by atoms with Gasteiger partial charge in [0.15, 0.2) is 5.65 Å². The summed E-state index contributed by atoms with van der Waals surface area (Å²) in [4.78, 5) is 8.47. The number of aliphatic hydroxyl groups excluding tert-OH is 1. The molecule has 0 aliphatic rings. The minimum atomic E-state index is -0.106. The van der Waals surface area contributed by atoms with Gasteiger partial charge < -0.3 is 10.4 Å². The van der Waals surface area contributed by atoms with E-state index in [1.165, 1.54) is 11.9 Å². The summed E-state index contributed by atoms with van der Waals surface area (Å²) in [5.74, 6) is 0.697. The van der Waals surface area contributed by atoms with Gasteiger partial charge in [-0.3, -0.25) is 4.68 Å². The molecule has 0 fully saturated rings. The third kappa shape index (κ3) is 2.85. The molecule has 0 aliphatic carbocycles. The molecule has 0 saturated carbocycles. The Morgan fingerprint density at radius 2 is 2.05 bits per heavy atom. The van der Waals surface area contributed by atoms with Crippen LogP contribution >= 0.6 is 0 Å². The van der Waals surface area contributed by atoms with Crippen LogP contribution in [0.15, 0.2) is 42.9 Å². The first-order valence-electron chi connectivity index (χ1n) is 6.82. The van der Waals surface area contributed by atoms with Gasteiger partial charge in [-0.05, 0) is 12.0 Å². The fourth-order valence-corrected chi connectivity index (χ4v) is 2.33. The molecule has 0 bridgehead atoms. The molecule has 0 saturated heterocycles. The average Bonchev–Trinajstić information content (AvgIpc) is 2.90. The monoisotopic (exact) mass is 283 g/mol. The number of aromatic nitrogens is 4. The number of aliphatic hydroxyl groups is 1. The molecular weight excluding hydrogens is 266 g/mol. The van der Waals surface area contributed by atoms with E-state index in [-0.39, 0.29) is 12.6 Å². The van der Waals surface area contributed by atoms with Gasteiger partial charge in [0, 0.05) is 7.05 Å². The SMILES string of the molecule is Cn1ncc2c(NC(CO)Cc3ccccc3)ncnc21. The molecule has 1 unspecified atom stereocenters. The van der Waals surface area contributed by atoms with Crippen molar-refractivity contribution < 1.29 is 5.11 Å². The fourth-order valence-electron chi connectivity index (χ4n) is 2.33. The van der Waals surface area contributed by atoms with Crippen LogP contribution in [-0.4, -0.2) is 37.5 Å². The van der Waals surface area contributed by atoms with Crippen molar-refractivity contribution in [2.75, 3.05) is 11.9 Å². The van der Waals surface area contributed by atoms with Gasteiger partial charge in [-0.15, -0.1) is 0 Å². The highest BCUT2D eigenvalue weighted by atomic mass is 16.3. The molecule has 0 spiro atoms. The maximum atomic E-state index is 9.60. The van der Waals surface area contributed by atoms with E-state index in [4.69, 9.17) is 0 Å². The Morgan fingerprint density at radius 3 is 2.81 bits per heavy atom. The molecule has 2 heterocycles. The molecule has 1 aromatic carbocycles. The van der Waals surface area contributed by atoms with Crippen LogP contribution in [0.1, 0.15) is 5.56 Å². The lowest BCUT2D eigenvalue weighted by molar-refractivity contribution is 0.273. The Morgan fingerprint density at radius 1 is 1.24 bits per heavy atom. The number of aryl methyl sites for hydroxylation is 1. The van der Waals surface area contributed by atoms with Gasteiger partial charge in [0.25, 0.3) is 0 Å². The summed E-state index contributed by atoms with van der Waals surface area (Å²) < 4.78 is 1.70. The number of nitrogens with zero attached hydrogens (tertiary/aromatic N) is 4. The Labute approximate surface area is 122 Å². The minimum absolute atomic E-state index is 0.0284. The van der Waals surface area contributed by atoms with Crippen molar-refractivity contribution in [3.05, 3.63) is 48.4 Å². The highest BCUT2D eigenvalue weighted by molar-refractivity contribution is 5.86. The molecular formula is C15H17N5O. The van der Waals surface area contributed by atoms with Crippen LogP contribution in [0.5, 0.6) is 0 Å². The van der Waals surface area contributed by atoms with Gasteiger partial charge in [-0.1, -0.05) is 30.3 Å². The highest BCUT2D eigenvalue weighted by Gasteiger charge is 2.13. The molecule has 2 N–H and O–H groups in total. The van der Waals surface area contributed by atoms with Crippen molar-refractivity contribution in [2.24, 2.45) is 7.05 Å². The predicted molar refractivity (Wildman–Crippen MR) is 80.9 cm³/mol. The third-order valence-electron chi connectivity index (χ3n) is 3.42. The molecule has 1 atom stereocenters. The Hall–Kier alpha value is -2.47. The summed E-state index contributed by atoms with van der Waals surface area (Å²) in [6, 6.07) is 9.95.